The first-order valence-corrected chi connectivity index (χ1v) is 8.25. The molecule has 2 N–H and O–H groups in total. The quantitative estimate of drug-likeness (QED) is 0.708. The minimum atomic E-state index is -0.232. The highest BCUT2D eigenvalue weighted by molar-refractivity contribution is 5.98. The topological polar surface area (TPSA) is 72.6 Å². The lowest BCUT2D eigenvalue weighted by Gasteiger charge is -2.17. The maximum atomic E-state index is 12.6. The molecule has 2 aromatic carbocycles. The van der Waals surface area contributed by atoms with E-state index in [0.717, 1.165) is 22.2 Å². The van der Waals surface area contributed by atoms with Gasteiger partial charge in [-0.15, -0.1) is 0 Å². The molecular weight excluding hydrogens is 332 g/mol. The number of fused-ring (bicyclic) bond motifs is 1. The van der Waals surface area contributed by atoms with Crippen molar-refractivity contribution in [2.24, 2.45) is 0 Å². The molecule has 0 aliphatic carbocycles. The van der Waals surface area contributed by atoms with Crippen molar-refractivity contribution in [2.45, 2.75) is 13.0 Å². The van der Waals surface area contributed by atoms with Gasteiger partial charge in [-0.2, -0.15) is 0 Å². The molecule has 3 aromatic rings. The van der Waals surface area contributed by atoms with Crippen LogP contribution in [0.25, 0.3) is 10.9 Å². The summed E-state index contributed by atoms with van der Waals surface area (Å²) in [6.45, 7) is 1.91. The van der Waals surface area contributed by atoms with E-state index in [1.54, 1.807) is 27.4 Å². The minimum Gasteiger partial charge on any atom is -0.497 e. The predicted molar refractivity (Wildman–Crippen MR) is 100 cm³/mol. The third-order valence-corrected chi connectivity index (χ3v) is 4.33. The molecule has 0 aliphatic heterocycles. The van der Waals surface area contributed by atoms with Crippen LogP contribution in [0.1, 0.15) is 29.0 Å². The van der Waals surface area contributed by atoms with E-state index in [2.05, 4.69) is 10.3 Å². The number of hydrogen-bond donors (Lipinski definition) is 2. The molecule has 0 bridgehead atoms. The fourth-order valence-corrected chi connectivity index (χ4v) is 2.88. The third kappa shape index (κ3) is 3.44. The number of ether oxygens (including phenoxy) is 3. The lowest BCUT2D eigenvalue weighted by Crippen LogP contribution is -2.27. The van der Waals surface area contributed by atoms with E-state index < -0.39 is 0 Å². The van der Waals surface area contributed by atoms with E-state index in [-0.39, 0.29) is 11.9 Å². The van der Waals surface area contributed by atoms with Gasteiger partial charge in [0.2, 0.25) is 0 Å². The van der Waals surface area contributed by atoms with Gasteiger partial charge in [0, 0.05) is 28.6 Å². The van der Waals surface area contributed by atoms with Crippen LogP contribution in [0.3, 0.4) is 0 Å². The number of carbonyl (C=O) groups excluding carboxylic acids is 1. The molecule has 1 aromatic heterocycles. The van der Waals surface area contributed by atoms with Crippen molar-refractivity contribution in [1.29, 1.82) is 0 Å². The number of rotatable bonds is 6. The van der Waals surface area contributed by atoms with Crippen molar-refractivity contribution in [2.75, 3.05) is 21.3 Å². The number of aromatic nitrogens is 1. The Kier molecular flexibility index (Phi) is 5.02. The normalized spacial score (nSPS) is 11.8. The Bertz CT molecular complexity index is 933. The Labute approximate surface area is 152 Å². The number of benzene rings is 2. The second-order valence-electron chi connectivity index (χ2n) is 5.94. The van der Waals surface area contributed by atoms with Gasteiger partial charge in [0.05, 0.1) is 27.4 Å². The molecule has 1 heterocycles. The monoisotopic (exact) mass is 354 g/mol. The van der Waals surface area contributed by atoms with Crippen LogP contribution in [0.4, 0.5) is 0 Å². The van der Waals surface area contributed by atoms with Crippen LogP contribution in [0, 0.1) is 0 Å². The van der Waals surface area contributed by atoms with Gasteiger partial charge in [-0.1, -0.05) is 0 Å². The number of carbonyl (C=O) groups is 1. The first-order valence-electron chi connectivity index (χ1n) is 8.25. The summed E-state index contributed by atoms with van der Waals surface area (Å²) in [4.78, 5) is 15.8. The maximum absolute atomic E-state index is 12.6. The number of aromatic amines is 1. The van der Waals surface area contributed by atoms with Gasteiger partial charge >= 0.3 is 0 Å². The molecule has 0 unspecified atom stereocenters. The van der Waals surface area contributed by atoms with E-state index in [9.17, 15) is 4.79 Å². The molecular formula is C20H22N2O4. The summed E-state index contributed by atoms with van der Waals surface area (Å²) in [7, 11) is 4.81. The van der Waals surface area contributed by atoms with Gasteiger partial charge in [0.1, 0.15) is 22.9 Å². The molecule has 0 radical (unpaired) electrons. The zero-order valence-corrected chi connectivity index (χ0v) is 15.3. The van der Waals surface area contributed by atoms with Gasteiger partial charge < -0.3 is 24.5 Å². The highest BCUT2D eigenvalue weighted by Crippen LogP contribution is 2.29. The van der Waals surface area contributed by atoms with Crippen LogP contribution < -0.4 is 19.5 Å². The van der Waals surface area contributed by atoms with Crippen molar-refractivity contribution in [3.63, 3.8) is 0 Å². The lowest BCUT2D eigenvalue weighted by molar-refractivity contribution is 0.0935. The van der Waals surface area contributed by atoms with Gasteiger partial charge in [-0.05, 0) is 37.3 Å². The number of H-pyrrole nitrogens is 1. The fourth-order valence-electron chi connectivity index (χ4n) is 2.88. The van der Waals surface area contributed by atoms with Crippen LogP contribution in [-0.4, -0.2) is 32.2 Å². The average Bonchev–Trinajstić information content (AvgIpc) is 3.10. The zero-order valence-electron chi connectivity index (χ0n) is 15.3. The Hall–Kier alpha value is -3.15. The van der Waals surface area contributed by atoms with Crippen LogP contribution in [0.15, 0.2) is 42.5 Å². The first kappa shape index (κ1) is 17.7. The third-order valence-electron chi connectivity index (χ3n) is 4.33. The molecule has 0 fully saturated rings. The van der Waals surface area contributed by atoms with Crippen molar-refractivity contribution >= 4 is 16.8 Å². The van der Waals surface area contributed by atoms with Crippen LogP contribution in [-0.2, 0) is 0 Å². The summed E-state index contributed by atoms with van der Waals surface area (Å²) in [5.41, 5.74) is 2.22. The molecule has 1 amide bonds. The van der Waals surface area contributed by atoms with E-state index in [4.69, 9.17) is 14.2 Å². The molecule has 3 rings (SSSR count). The first-order chi connectivity index (χ1) is 12.5. The van der Waals surface area contributed by atoms with E-state index in [1.807, 2.05) is 43.3 Å². The summed E-state index contributed by atoms with van der Waals surface area (Å²) in [5, 5.41) is 3.94. The molecule has 0 spiro atoms. The largest absolute Gasteiger partial charge is 0.497 e. The smallest absolute Gasteiger partial charge is 0.268 e. The van der Waals surface area contributed by atoms with Crippen molar-refractivity contribution < 1.29 is 19.0 Å². The second-order valence-corrected chi connectivity index (χ2v) is 5.94. The molecule has 1 atom stereocenters. The van der Waals surface area contributed by atoms with Crippen LogP contribution in [0.5, 0.6) is 17.2 Å². The Balaban J connectivity index is 1.81. The minimum absolute atomic E-state index is 0.189. The standard InChI is InChI=1S/C20H22N2O4/c1-12(16-8-7-15(25-3)11-19(16)26-4)21-20(23)18-9-13-5-6-14(24-2)10-17(13)22-18/h5-12,22H,1-4H3,(H,21,23)/t12-/m0/s1. The highest BCUT2D eigenvalue weighted by atomic mass is 16.5. The van der Waals surface area contributed by atoms with Crippen molar-refractivity contribution in [1.82, 2.24) is 10.3 Å². The van der Waals surface area contributed by atoms with Gasteiger partial charge in [-0.25, -0.2) is 0 Å². The summed E-state index contributed by atoms with van der Waals surface area (Å²) >= 11 is 0. The van der Waals surface area contributed by atoms with Gasteiger partial charge in [0.15, 0.2) is 0 Å². The fraction of sp³-hybridized carbons (Fsp3) is 0.250. The number of hydrogen-bond acceptors (Lipinski definition) is 4. The highest BCUT2D eigenvalue weighted by Gasteiger charge is 2.17. The predicted octanol–water partition coefficient (Wildman–Crippen LogP) is 3.68. The van der Waals surface area contributed by atoms with Crippen molar-refractivity contribution in [3.8, 4) is 17.2 Å². The Morgan fingerprint density at radius 2 is 1.65 bits per heavy atom. The number of amides is 1. The summed E-state index contributed by atoms with van der Waals surface area (Å²) in [5.74, 6) is 1.92. The average molecular weight is 354 g/mol. The van der Waals surface area contributed by atoms with E-state index >= 15 is 0 Å². The zero-order chi connectivity index (χ0) is 18.7. The number of methoxy groups -OCH3 is 3. The summed E-state index contributed by atoms with van der Waals surface area (Å²) in [6.07, 6.45) is 0. The van der Waals surface area contributed by atoms with Crippen LogP contribution in [0.2, 0.25) is 0 Å². The number of nitrogens with one attached hydrogen (secondary N) is 2. The molecule has 0 aliphatic rings. The SMILES string of the molecule is COc1ccc([C@H](C)NC(=O)c2cc3ccc(OC)cc3[nH]2)c(OC)c1. The molecule has 0 saturated heterocycles. The summed E-state index contributed by atoms with van der Waals surface area (Å²) in [6, 6.07) is 12.8. The molecule has 26 heavy (non-hydrogen) atoms. The lowest BCUT2D eigenvalue weighted by atomic mass is 10.1. The molecule has 6 heteroatoms. The molecule has 136 valence electrons. The van der Waals surface area contributed by atoms with Crippen LogP contribution >= 0.6 is 0 Å². The second kappa shape index (κ2) is 7.39. The van der Waals surface area contributed by atoms with E-state index in [0.29, 0.717) is 17.2 Å². The summed E-state index contributed by atoms with van der Waals surface area (Å²) < 4.78 is 15.8. The van der Waals surface area contributed by atoms with E-state index in [1.165, 1.54) is 0 Å². The van der Waals surface area contributed by atoms with Gasteiger partial charge in [0.25, 0.3) is 5.91 Å². The molecule has 6 nitrogen and oxygen atoms in total. The Morgan fingerprint density at radius 3 is 2.35 bits per heavy atom. The maximum Gasteiger partial charge on any atom is 0.268 e. The van der Waals surface area contributed by atoms with Crippen molar-refractivity contribution in [3.05, 3.63) is 53.7 Å². The molecule has 0 saturated carbocycles. The van der Waals surface area contributed by atoms with Gasteiger partial charge in [-0.3, -0.25) is 4.79 Å². The Morgan fingerprint density at radius 1 is 0.962 bits per heavy atom.